The fourth-order valence-corrected chi connectivity index (χ4v) is 1.91. The topological polar surface area (TPSA) is 37.3 Å². The lowest BCUT2D eigenvalue weighted by atomic mass is 10.1. The third-order valence-electron chi connectivity index (χ3n) is 2.41. The minimum atomic E-state index is -0.689. The molecular weight excluding hydrogens is 140 g/mol. The first-order chi connectivity index (χ1) is 4.89. The number of aliphatic carboxylic acids is 1. The number of carboxylic acid groups (broad SMARTS) is 1. The average Bonchev–Trinajstić information content (AvgIpc) is 2.33. The van der Waals surface area contributed by atoms with Gasteiger partial charge in [-0.1, -0.05) is 19.4 Å². The zero-order chi connectivity index (χ0) is 8.81. The van der Waals surface area contributed by atoms with Gasteiger partial charge in [-0.2, -0.15) is 0 Å². The predicted molar refractivity (Wildman–Crippen MR) is 43.3 cm³/mol. The third-order valence-corrected chi connectivity index (χ3v) is 2.41. The summed E-state index contributed by atoms with van der Waals surface area (Å²) in [5, 5.41) is 8.77. The smallest absolute Gasteiger partial charge is 0.311 e. The van der Waals surface area contributed by atoms with Gasteiger partial charge in [-0.3, -0.25) is 4.79 Å². The molecule has 0 bridgehead atoms. The summed E-state index contributed by atoms with van der Waals surface area (Å²) in [6, 6.07) is 0. The Morgan fingerprint density at radius 3 is 2.00 bits per heavy atom. The van der Waals surface area contributed by atoms with Crippen LogP contribution in [0, 0.1) is 11.3 Å². The van der Waals surface area contributed by atoms with Crippen molar-refractivity contribution >= 4 is 5.97 Å². The van der Waals surface area contributed by atoms with Crippen molar-refractivity contribution in [2.24, 2.45) is 11.3 Å². The van der Waals surface area contributed by atoms with E-state index >= 15 is 0 Å². The van der Waals surface area contributed by atoms with Crippen LogP contribution in [-0.4, -0.2) is 11.1 Å². The number of allylic oxidation sites excluding steroid dienone is 1. The minimum Gasteiger partial charge on any atom is -0.481 e. The average molecular weight is 154 g/mol. The number of rotatable bonds is 1. The lowest BCUT2D eigenvalue weighted by Gasteiger charge is -1.94. The monoisotopic (exact) mass is 154 g/mol. The van der Waals surface area contributed by atoms with E-state index in [9.17, 15) is 4.79 Å². The molecular formula is C9H14O2. The Morgan fingerprint density at radius 2 is 1.91 bits per heavy atom. The van der Waals surface area contributed by atoms with Gasteiger partial charge in [0.15, 0.2) is 0 Å². The van der Waals surface area contributed by atoms with Crippen LogP contribution in [0.5, 0.6) is 0 Å². The third kappa shape index (κ3) is 1.06. The molecule has 0 radical (unpaired) electrons. The van der Waals surface area contributed by atoms with Crippen molar-refractivity contribution in [3.05, 3.63) is 11.1 Å². The van der Waals surface area contributed by atoms with Gasteiger partial charge in [-0.05, 0) is 19.4 Å². The minimum absolute atomic E-state index is 0.0926. The molecule has 1 saturated carbocycles. The molecule has 0 heterocycles. The lowest BCUT2D eigenvalue weighted by Crippen LogP contribution is -2.02. The summed E-state index contributed by atoms with van der Waals surface area (Å²) in [7, 11) is 0. The molecule has 0 spiro atoms. The van der Waals surface area contributed by atoms with Gasteiger partial charge in [0, 0.05) is 5.41 Å². The molecule has 0 aliphatic heterocycles. The van der Waals surface area contributed by atoms with E-state index in [-0.39, 0.29) is 11.3 Å². The zero-order valence-corrected chi connectivity index (χ0v) is 7.43. The van der Waals surface area contributed by atoms with Crippen LogP contribution in [0.25, 0.3) is 0 Å². The van der Waals surface area contributed by atoms with Crippen LogP contribution in [0.2, 0.25) is 0 Å². The summed E-state index contributed by atoms with van der Waals surface area (Å²) in [6.45, 7) is 7.91. The molecule has 2 heteroatoms. The first-order valence-electron chi connectivity index (χ1n) is 3.79. The van der Waals surface area contributed by atoms with Gasteiger partial charge in [0.05, 0.1) is 5.92 Å². The van der Waals surface area contributed by atoms with E-state index in [0.717, 1.165) is 11.1 Å². The Balaban J connectivity index is 2.94. The van der Waals surface area contributed by atoms with Crippen LogP contribution < -0.4 is 0 Å². The molecule has 0 aromatic carbocycles. The van der Waals surface area contributed by atoms with E-state index < -0.39 is 5.97 Å². The van der Waals surface area contributed by atoms with Gasteiger partial charge in [0.25, 0.3) is 0 Å². The highest BCUT2D eigenvalue weighted by atomic mass is 16.4. The van der Waals surface area contributed by atoms with E-state index in [1.165, 1.54) is 0 Å². The fourth-order valence-electron chi connectivity index (χ4n) is 1.91. The molecule has 2 nitrogen and oxygen atoms in total. The highest BCUT2D eigenvalue weighted by molar-refractivity contribution is 5.82. The van der Waals surface area contributed by atoms with E-state index in [2.05, 4.69) is 0 Å². The van der Waals surface area contributed by atoms with Crippen LogP contribution in [0.3, 0.4) is 0 Å². The molecule has 62 valence electrons. The number of hydrogen-bond donors (Lipinski definition) is 1. The van der Waals surface area contributed by atoms with Crippen LogP contribution >= 0.6 is 0 Å². The number of hydrogen-bond acceptors (Lipinski definition) is 1. The quantitative estimate of drug-likeness (QED) is 0.587. The molecule has 0 amide bonds. The van der Waals surface area contributed by atoms with Gasteiger partial charge in [-0.25, -0.2) is 0 Å². The summed E-state index contributed by atoms with van der Waals surface area (Å²) < 4.78 is 0. The molecule has 0 aromatic heterocycles. The second kappa shape index (κ2) is 2.10. The maximum absolute atomic E-state index is 10.7. The van der Waals surface area contributed by atoms with Crippen LogP contribution in [0.1, 0.15) is 27.7 Å². The summed E-state index contributed by atoms with van der Waals surface area (Å²) in [5.74, 6) is -0.918. The Labute approximate surface area is 66.9 Å². The maximum atomic E-state index is 10.7. The van der Waals surface area contributed by atoms with Gasteiger partial charge in [0.1, 0.15) is 0 Å². The molecule has 1 aliphatic rings. The molecule has 1 atom stereocenters. The highest BCUT2D eigenvalue weighted by Crippen LogP contribution is 2.59. The Hall–Kier alpha value is -0.790. The lowest BCUT2D eigenvalue weighted by molar-refractivity contribution is -0.139. The molecule has 1 rings (SSSR count). The van der Waals surface area contributed by atoms with Crippen molar-refractivity contribution in [3.8, 4) is 0 Å². The molecule has 0 aromatic rings. The standard InChI is InChI=1S/C9H14O2/c1-5(2)6-7(8(10)11)9(6,3)4/h7H,1-4H3,(H,10,11)/t7-/m0/s1. The van der Waals surface area contributed by atoms with Crippen LogP contribution in [-0.2, 0) is 4.79 Å². The second-order valence-corrected chi connectivity index (χ2v) is 3.91. The van der Waals surface area contributed by atoms with Crippen molar-refractivity contribution in [1.82, 2.24) is 0 Å². The largest absolute Gasteiger partial charge is 0.481 e. The summed E-state index contributed by atoms with van der Waals surface area (Å²) in [4.78, 5) is 10.7. The predicted octanol–water partition coefficient (Wildman–Crippen LogP) is 2.06. The van der Waals surface area contributed by atoms with E-state index in [1.54, 1.807) is 0 Å². The maximum Gasteiger partial charge on any atom is 0.311 e. The number of carbonyl (C=O) groups is 1. The van der Waals surface area contributed by atoms with Crippen molar-refractivity contribution < 1.29 is 9.90 Å². The Kier molecular flexibility index (Phi) is 1.58. The molecule has 0 unspecified atom stereocenters. The summed E-state index contributed by atoms with van der Waals surface area (Å²) >= 11 is 0. The highest BCUT2D eigenvalue weighted by Gasteiger charge is 2.57. The number of carboxylic acids is 1. The normalized spacial score (nSPS) is 26.5. The van der Waals surface area contributed by atoms with Gasteiger partial charge in [-0.15, -0.1) is 0 Å². The molecule has 1 N–H and O–H groups in total. The van der Waals surface area contributed by atoms with Crippen molar-refractivity contribution in [1.29, 1.82) is 0 Å². The molecule has 1 aliphatic carbocycles. The molecule has 11 heavy (non-hydrogen) atoms. The molecule has 0 saturated heterocycles. The Bertz CT molecular complexity index is 232. The first kappa shape index (κ1) is 8.31. The van der Waals surface area contributed by atoms with Crippen molar-refractivity contribution in [2.75, 3.05) is 0 Å². The van der Waals surface area contributed by atoms with Crippen LogP contribution in [0.15, 0.2) is 11.1 Å². The van der Waals surface area contributed by atoms with E-state index in [1.807, 2.05) is 27.7 Å². The van der Waals surface area contributed by atoms with E-state index in [4.69, 9.17) is 5.11 Å². The van der Waals surface area contributed by atoms with Gasteiger partial charge >= 0.3 is 5.97 Å². The van der Waals surface area contributed by atoms with Crippen molar-refractivity contribution in [3.63, 3.8) is 0 Å². The SMILES string of the molecule is CC(C)=C1[C@@H](C(=O)O)C1(C)C. The fraction of sp³-hybridized carbons (Fsp3) is 0.667. The van der Waals surface area contributed by atoms with Crippen LogP contribution in [0.4, 0.5) is 0 Å². The second-order valence-electron chi connectivity index (χ2n) is 3.91. The van der Waals surface area contributed by atoms with Gasteiger partial charge < -0.3 is 5.11 Å². The zero-order valence-electron chi connectivity index (χ0n) is 7.43. The van der Waals surface area contributed by atoms with E-state index in [0.29, 0.717) is 0 Å². The summed E-state index contributed by atoms with van der Waals surface area (Å²) in [6.07, 6.45) is 0. The Morgan fingerprint density at radius 1 is 1.45 bits per heavy atom. The first-order valence-corrected chi connectivity index (χ1v) is 3.79. The van der Waals surface area contributed by atoms with Gasteiger partial charge in [0.2, 0.25) is 0 Å². The summed E-state index contributed by atoms with van der Waals surface area (Å²) in [5.41, 5.74) is 2.16. The molecule has 1 fully saturated rings. The van der Waals surface area contributed by atoms with Crippen molar-refractivity contribution in [2.45, 2.75) is 27.7 Å².